The molecule has 0 N–H and O–H groups in total. The van der Waals surface area contributed by atoms with Gasteiger partial charge in [0.05, 0.1) is 23.2 Å². The SMILES string of the molecule is Cc1nnc(CSc2nnc([C@@H]3CCS(=O)(=O)C3)o2)o1. The zero-order valence-electron chi connectivity index (χ0n) is 10.6. The summed E-state index contributed by atoms with van der Waals surface area (Å²) in [5.41, 5.74) is 0. The number of thioether (sulfide) groups is 1. The summed E-state index contributed by atoms with van der Waals surface area (Å²) in [6.07, 6.45) is 0.539. The van der Waals surface area contributed by atoms with Crippen LogP contribution in [0.3, 0.4) is 0 Å². The average Bonchev–Trinajstić information content (AvgIpc) is 3.07. The summed E-state index contributed by atoms with van der Waals surface area (Å²) in [5, 5.41) is 15.8. The molecule has 0 spiro atoms. The van der Waals surface area contributed by atoms with Crippen LogP contribution in [0, 0.1) is 6.92 Å². The van der Waals surface area contributed by atoms with E-state index in [1.807, 2.05) is 0 Å². The van der Waals surface area contributed by atoms with Crippen molar-refractivity contribution in [3.63, 3.8) is 0 Å². The first kappa shape index (κ1) is 13.6. The minimum Gasteiger partial charge on any atom is -0.425 e. The van der Waals surface area contributed by atoms with E-state index in [1.54, 1.807) is 6.92 Å². The van der Waals surface area contributed by atoms with Gasteiger partial charge in [-0.05, 0) is 6.42 Å². The lowest BCUT2D eigenvalue weighted by atomic mass is 10.1. The highest BCUT2D eigenvalue weighted by Crippen LogP contribution is 2.30. The van der Waals surface area contributed by atoms with Gasteiger partial charge in [0.25, 0.3) is 5.22 Å². The Hall–Kier alpha value is -1.42. The molecule has 0 unspecified atom stereocenters. The lowest BCUT2D eigenvalue weighted by Crippen LogP contribution is -2.03. The highest BCUT2D eigenvalue weighted by atomic mass is 32.2. The number of aryl methyl sites for hydroxylation is 1. The zero-order chi connectivity index (χ0) is 14.2. The summed E-state index contributed by atoms with van der Waals surface area (Å²) in [5.74, 6) is 1.89. The van der Waals surface area contributed by atoms with Gasteiger partial charge in [0.1, 0.15) is 0 Å². The molecule has 8 nitrogen and oxygen atoms in total. The molecule has 0 amide bonds. The van der Waals surface area contributed by atoms with E-state index in [2.05, 4.69) is 20.4 Å². The van der Waals surface area contributed by atoms with Crippen LogP contribution in [-0.2, 0) is 15.6 Å². The Morgan fingerprint density at radius 1 is 1.25 bits per heavy atom. The van der Waals surface area contributed by atoms with Crippen LogP contribution in [0.4, 0.5) is 0 Å². The van der Waals surface area contributed by atoms with Gasteiger partial charge in [-0.2, -0.15) is 0 Å². The van der Waals surface area contributed by atoms with Crippen LogP contribution in [0.25, 0.3) is 0 Å². The molecular formula is C10H12N4O4S2. The third-order valence-electron chi connectivity index (χ3n) is 2.89. The van der Waals surface area contributed by atoms with Gasteiger partial charge in [0, 0.05) is 6.92 Å². The smallest absolute Gasteiger partial charge is 0.277 e. The minimum absolute atomic E-state index is 0.0855. The summed E-state index contributed by atoms with van der Waals surface area (Å²) < 4.78 is 33.5. The number of nitrogens with zero attached hydrogens (tertiary/aromatic N) is 4. The molecule has 0 radical (unpaired) electrons. The van der Waals surface area contributed by atoms with E-state index in [9.17, 15) is 8.42 Å². The van der Waals surface area contributed by atoms with Gasteiger partial charge in [0.2, 0.25) is 17.7 Å². The molecule has 0 bridgehead atoms. The zero-order valence-corrected chi connectivity index (χ0v) is 12.3. The second kappa shape index (κ2) is 5.17. The molecule has 1 aliphatic rings. The van der Waals surface area contributed by atoms with Gasteiger partial charge in [-0.25, -0.2) is 8.42 Å². The van der Waals surface area contributed by atoms with E-state index in [1.165, 1.54) is 11.8 Å². The maximum Gasteiger partial charge on any atom is 0.277 e. The molecule has 0 aliphatic carbocycles. The first-order chi connectivity index (χ1) is 9.52. The van der Waals surface area contributed by atoms with Crippen molar-refractivity contribution in [2.45, 2.75) is 30.2 Å². The molecule has 10 heteroatoms. The molecule has 3 heterocycles. The van der Waals surface area contributed by atoms with Crippen LogP contribution in [0.15, 0.2) is 14.1 Å². The van der Waals surface area contributed by atoms with Crippen molar-refractivity contribution in [2.75, 3.05) is 11.5 Å². The van der Waals surface area contributed by atoms with E-state index < -0.39 is 9.84 Å². The Bertz CT molecular complexity index is 708. The third-order valence-corrected chi connectivity index (χ3v) is 5.46. The normalized spacial score (nSPS) is 21.4. The number of aromatic nitrogens is 4. The van der Waals surface area contributed by atoms with Crippen molar-refractivity contribution in [3.8, 4) is 0 Å². The lowest BCUT2D eigenvalue weighted by molar-refractivity contribution is 0.392. The van der Waals surface area contributed by atoms with Crippen molar-refractivity contribution in [1.82, 2.24) is 20.4 Å². The van der Waals surface area contributed by atoms with Gasteiger partial charge in [-0.15, -0.1) is 20.4 Å². The molecule has 2 aromatic heterocycles. The number of rotatable bonds is 4. The van der Waals surface area contributed by atoms with Crippen LogP contribution in [0.2, 0.25) is 0 Å². The maximum atomic E-state index is 11.4. The summed E-state index contributed by atoms with van der Waals surface area (Å²) in [4.78, 5) is 0. The van der Waals surface area contributed by atoms with Gasteiger partial charge < -0.3 is 8.83 Å². The van der Waals surface area contributed by atoms with Crippen molar-refractivity contribution in [3.05, 3.63) is 17.7 Å². The van der Waals surface area contributed by atoms with E-state index in [0.717, 1.165) is 0 Å². The van der Waals surface area contributed by atoms with E-state index >= 15 is 0 Å². The van der Waals surface area contributed by atoms with Crippen LogP contribution in [0.5, 0.6) is 0 Å². The Balaban J connectivity index is 1.62. The van der Waals surface area contributed by atoms with Crippen molar-refractivity contribution < 1.29 is 17.3 Å². The Morgan fingerprint density at radius 3 is 2.75 bits per heavy atom. The van der Waals surface area contributed by atoms with Crippen LogP contribution >= 0.6 is 11.8 Å². The van der Waals surface area contributed by atoms with Crippen molar-refractivity contribution in [2.24, 2.45) is 0 Å². The molecule has 1 saturated heterocycles. The first-order valence-electron chi connectivity index (χ1n) is 5.97. The van der Waals surface area contributed by atoms with Gasteiger partial charge in [-0.3, -0.25) is 0 Å². The fraction of sp³-hybridized carbons (Fsp3) is 0.600. The van der Waals surface area contributed by atoms with Gasteiger partial charge in [-0.1, -0.05) is 11.8 Å². The second-order valence-corrected chi connectivity index (χ2v) is 7.66. The minimum atomic E-state index is -2.95. The first-order valence-corrected chi connectivity index (χ1v) is 8.78. The summed E-state index contributed by atoms with van der Waals surface area (Å²) in [6, 6.07) is 0. The second-order valence-electron chi connectivity index (χ2n) is 4.51. The molecule has 3 rings (SSSR count). The molecule has 2 aromatic rings. The largest absolute Gasteiger partial charge is 0.425 e. The van der Waals surface area contributed by atoms with Crippen molar-refractivity contribution >= 4 is 21.6 Å². The molecule has 20 heavy (non-hydrogen) atoms. The average molecular weight is 316 g/mol. The predicted molar refractivity (Wildman–Crippen MR) is 68.9 cm³/mol. The number of sulfone groups is 1. The molecular weight excluding hydrogens is 304 g/mol. The lowest BCUT2D eigenvalue weighted by Gasteiger charge is -1.98. The van der Waals surface area contributed by atoms with Crippen molar-refractivity contribution in [1.29, 1.82) is 0 Å². The standard InChI is InChI=1S/C10H12N4O4S2/c1-6-11-12-8(17-6)4-19-10-14-13-9(18-10)7-2-3-20(15,16)5-7/h7H,2-5H2,1H3/t7-/m1/s1. The fourth-order valence-corrected chi connectivity index (χ4v) is 4.29. The van der Waals surface area contributed by atoms with Crippen LogP contribution < -0.4 is 0 Å². The Labute approximate surface area is 119 Å². The third kappa shape index (κ3) is 3.01. The molecule has 1 fully saturated rings. The fourth-order valence-electron chi connectivity index (χ4n) is 1.95. The molecule has 1 atom stereocenters. The quantitative estimate of drug-likeness (QED) is 0.761. The monoisotopic (exact) mass is 316 g/mol. The predicted octanol–water partition coefficient (Wildman–Crippen LogP) is 0.955. The maximum absolute atomic E-state index is 11.4. The Kier molecular flexibility index (Phi) is 3.50. The van der Waals surface area contributed by atoms with Gasteiger partial charge >= 0.3 is 0 Å². The number of hydrogen-bond acceptors (Lipinski definition) is 9. The Morgan fingerprint density at radius 2 is 2.10 bits per heavy atom. The van der Waals surface area contributed by atoms with Gasteiger partial charge in [0.15, 0.2) is 9.84 Å². The summed E-state index contributed by atoms with van der Waals surface area (Å²) in [7, 11) is -2.95. The summed E-state index contributed by atoms with van der Waals surface area (Å²) in [6.45, 7) is 1.71. The topological polar surface area (TPSA) is 112 Å². The molecule has 108 valence electrons. The highest BCUT2D eigenvalue weighted by molar-refractivity contribution is 7.98. The summed E-state index contributed by atoms with van der Waals surface area (Å²) >= 11 is 1.28. The molecule has 1 aliphatic heterocycles. The number of hydrogen-bond donors (Lipinski definition) is 0. The highest BCUT2D eigenvalue weighted by Gasteiger charge is 2.32. The van der Waals surface area contributed by atoms with Crippen LogP contribution in [0.1, 0.15) is 30.0 Å². The molecule has 0 saturated carbocycles. The molecule has 0 aromatic carbocycles. The van der Waals surface area contributed by atoms with Crippen LogP contribution in [-0.4, -0.2) is 40.3 Å². The van der Waals surface area contributed by atoms with E-state index in [0.29, 0.717) is 35.1 Å². The van der Waals surface area contributed by atoms with E-state index in [4.69, 9.17) is 8.83 Å². The van der Waals surface area contributed by atoms with E-state index in [-0.39, 0.29) is 17.4 Å².